The van der Waals surface area contributed by atoms with Crippen LogP contribution in [0.15, 0.2) is 85.2 Å². The Hall–Kier alpha value is -2.74. The fourth-order valence-corrected chi connectivity index (χ4v) is 2.42. The number of aromatic nitrogens is 1. The van der Waals surface area contributed by atoms with E-state index in [9.17, 15) is 4.79 Å². The number of rotatable bonds is 5. The van der Waals surface area contributed by atoms with Crippen LogP contribution in [0.25, 0.3) is 0 Å². The van der Waals surface area contributed by atoms with E-state index in [1.54, 1.807) is 0 Å². The van der Waals surface area contributed by atoms with Crippen LogP contribution in [-0.2, 0) is 13.0 Å². The molecule has 0 spiro atoms. The minimum absolute atomic E-state index is 0.126. The second-order valence-corrected chi connectivity index (χ2v) is 5.33. The molecule has 0 amide bonds. The molecule has 0 aliphatic heterocycles. The van der Waals surface area contributed by atoms with Crippen molar-refractivity contribution in [2.75, 3.05) is 0 Å². The Morgan fingerprint density at radius 2 is 1.27 bits per heavy atom. The first-order valence-electron chi connectivity index (χ1n) is 7.41. The van der Waals surface area contributed by atoms with Gasteiger partial charge in [-0.15, -0.1) is 0 Å². The van der Waals surface area contributed by atoms with Gasteiger partial charge in [0.15, 0.2) is 12.4 Å². The zero-order valence-electron chi connectivity index (χ0n) is 12.4. The summed E-state index contributed by atoms with van der Waals surface area (Å²) >= 11 is 0. The molecule has 22 heavy (non-hydrogen) atoms. The highest BCUT2D eigenvalue weighted by Gasteiger charge is 2.11. The summed E-state index contributed by atoms with van der Waals surface area (Å²) in [4.78, 5) is 12.2. The van der Waals surface area contributed by atoms with Gasteiger partial charge >= 0.3 is 0 Å². The topological polar surface area (TPSA) is 20.9 Å². The highest BCUT2D eigenvalue weighted by atomic mass is 16.1. The summed E-state index contributed by atoms with van der Waals surface area (Å²) in [5.74, 6) is 0.126. The second-order valence-electron chi connectivity index (χ2n) is 5.33. The summed E-state index contributed by atoms with van der Waals surface area (Å²) < 4.78 is 1.92. The quantitative estimate of drug-likeness (QED) is 0.520. The number of carbonyl (C=O) groups excluding carboxylic acids is 1. The van der Waals surface area contributed by atoms with Crippen LogP contribution in [0, 0.1) is 0 Å². The largest absolute Gasteiger partial charge is 0.287 e. The molecule has 3 rings (SSSR count). The fraction of sp³-hybridized carbons (Fsp3) is 0.100. The van der Waals surface area contributed by atoms with Gasteiger partial charge in [-0.05, 0) is 17.5 Å². The molecule has 2 heteroatoms. The first-order valence-corrected chi connectivity index (χ1v) is 7.41. The van der Waals surface area contributed by atoms with E-state index in [0.29, 0.717) is 6.54 Å². The molecule has 0 saturated carbocycles. The van der Waals surface area contributed by atoms with E-state index in [4.69, 9.17) is 0 Å². The van der Waals surface area contributed by atoms with Crippen molar-refractivity contribution in [2.24, 2.45) is 0 Å². The second kappa shape index (κ2) is 6.81. The summed E-state index contributed by atoms with van der Waals surface area (Å²) in [5, 5.41) is 0. The maximum atomic E-state index is 12.2. The Kier molecular flexibility index (Phi) is 4.40. The molecule has 0 fully saturated rings. The highest BCUT2D eigenvalue weighted by molar-refractivity contribution is 5.94. The standard InChI is InChI=1S/C20H18NO/c22-20(19-9-5-2-6-10-19)16-21-13-11-18(12-14-21)15-17-7-3-1-4-8-17/h1-14H,15-16H2/q+1. The average molecular weight is 288 g/mol. The van der Waals surface area contributed by atoms with Crippen LogP contribution >= 0.6 is 0 Å². The van der Waals surface area contributed by atoms with E-state index in [1.165, 1.54) is 11.1 Å². The molecule has 0 atom stereocenters. The van der Waals surface area contributed by atoms with Gasteiger partial charge in [0, 0.05) is 17.7 Å². The van der Waals surface area contributed by atoms with Gasteiger partial charge in [-0.2, -0.15) is 4.57 Å². The molecule has 0 bridgehead atoms. The van der Waals surface area contributed by atoms with Crippen LogP contribution in [0.4, 0.5) is 0 Å². The van der Waals surface area contributed by atoms with Gasteiger partial charge in [-0.3, -0.25) is 4.79 Å². The van der Waals surface area contributed by atoms with Gasteiger partial charge in [0.1, 0.15) is 0 Å². The predicted molar refractivity (Wildman–Crippen MR) is 86.7 cm³/mol. The summed E-state index contributed by atoms with van der Waals surface area (Å²) in [6, 6.07) is 23.9. The molecule has 0 radical (unpaired) electrons. The van der Waals surface area contributed by atoms with E-state index >= 15 is 0 Å². The van der Waals surface area contributed by atoms with Gasteiger partial charge in [-0.25, -0.2) is 0 Å². The van der Waals surface area contributed by atoms with Crippen LogP contribution in [-0.4, -0.2) is 5.78 Å². The summed E-state index contributed by atoms with van der Waals surface area (Å²) in [5.41, 5.74) is 3.29. The third-order valence-electron chi connectivity index (χ3n) is 3.63. The molecule has 1 heterocycles. The lowest BCUT2D eigenvalue weighted by Crippen LogP contribution is -2.37. The Morgan fingerprint density at radius 1 is 0.727 bits per heavy atom. The third-order valence-corrected chi connectivity index (χ3v) is 3.63. The van der Waals surface area contributed by atoms with Gasteiger partial charge in [-0.1, -0.05) is 60.7 Å². The minimum atomic E-state index is 0.126. The Balaban J connectivity index is 1.66. The summed E-state index contributed by atoms with van der Waals surface area (Å²) in [6.07, 6.45) is 4.85. The molecule has 0 aliphatic rings. The molecule has 0 saturated heterocycles. The van der Waals surface area contributed by atoms with Crippen molar-refractivity contribution in [1.29, 1.82) is 0 Å². The molecule has 1 aromatic heterocycles. The maximum Gasteiger partial charge on any atom is 0.227 e. The summed E-state index contributed by atoms with van der Waals surface area (Å²) in [7, 11) is 0. The smallest absolute Gasteiger partial charge is 0.227 e. The first kappa shape index (κ1) is 14.2. The molecular weight excluding hydrogens is 270 g/mol. The number of pyridine rings is 1. The van der Waals surface area contributed by atoms with Crippen molar-refractivity contribution in [3.63, 3.8) is 0 Å². The number of nitrogens with zero attached hydrogens (tertiary/aromatic N) is 1. The number of carbonyl (C=O) groups is 1. The number of benzene rings is 2. The zero-order chi connectivity index (χ0) is 15.2. The lowest BCUT2D eigenvalue weighted by molar-refractivity contribution is -0.683. The number of hydrogen-bond donors (Lipinski definition) is 0. The van der Waals surface area contributed by atoms with Crippen LogP contribution in [0.1, 0.15) is 21.5 Å². The van der Waals surface area contributed by atoms with E-state index < -0.39 is 0 Å². The van der Waals surface area contributed by atoms with E-state index in [1.807, 2.05) is 53.4 Å². The molecule has 0 unspecified atom stereocenters. The van der Waals surface area contributed by atoms with Crippen molar-refractivity contribution in [3.8, 4) is 0 Å². The van der Waals surface area contributed by atoms with Crippen molar-refractivity contribution in [1.82, 2.24) is 0 Å². The van der Waals surface area contributed by atoms with Gasteiger partial charge in [0.05, 0.1) is 0 Å². The molecule has 108 valence electrons. The molecule has 3 aromatic rings. The lowest BCUT2D eigenvalue weighted by Gasteiger charge is -2.02. The van der Waals surface area contributed by atoms with Crippen LogP contribution in [0.2, 0.25) is 0 Å². The molecule has 0 aliphatic carbocycles. The zero-order valence-corrected chi connectivity index (χ0v) is 12.4. The van der Waals surface area contributed by atoms with Crippen molar-refractivity contribution in [3.05, 3.63) is 102 Å². The van der Waals surface area contributed by atoms with E-state index in [2.05, 4.69) is 36.4 Å². The van der Waals surface area contributed by atoms with Gasteiger partial charge < -0.3 is 0 Å². The Bertz CT molecular complexity index is 734. The molecule has 0 N–H and O–H groups in total. The van der Waals surface area contributed by atoms with Crippen molar-refractivity contribution < 1.29 is 9.36 Å². The molecular formula is C20H18NO+. The third kappa shape index (κ3) is 3.67. The van der Waals surface area contributed by atoms with Gasteiger partial charge in [0.25, 0.3) is 0 Å². The Labute approximate surface area is 130 Å². The monoisotopic (exact) mass is 288 g/mol. The van der Waals surface area contributed by atoms with Crippen molar-refractivity contribution >= 4 is 5.78 Å². The number of ketones is 1. The lowest BCUT2D eigenvalue weighted by atomic mass is 10.1. The van der Waals surface area contributed by atoms with Gasteiger partial charge in [0.2, 0.25) is 12.3 Å². The maximum absolute atomic E-state index is 12.2. The first-order chi connectivity index (χ1) is 10.8. The summed E-state index contributed by atoms with van der Waals surface area (Å²) in [6.45, 7) is 0.371. The minimum Gasteiger partial charge on any atom is -0.287 e. The van der Waals surface area contributed by atoms with Crippen LogP contribution < -0.4 is 4.57 Å². The van der Waals surface area contributed by atoms with Crippen LogP contribution in [0.5, 0.6) is 0 Å². The SMILES string of the molecule is O=C(C[n+]1ccc(Cc2ccccc2)cc1)c1ccccc1. The molecule has 2 nitrogen and oxygen atoms in total. The fourth-order valence-electron chi connectivity index (χ4n) is 2.42. The van der Waals surface area contributed by atoms with E-state index in [0.717, 1.165) is 12.0 Å². The highest BCUT2D eigenvalue weighted by Crippen LogP contribution is 2.07. The predicted octanol–water partition coefficient (Wildman–Crippen LogP) is 3.45. The van der Waals surface area contributed by atoms with Crippen LogP contribution in [0.3, 0.4) is 0 Å². The number of Topliss-reactive ketones (excluding diaryl/α,β-unsaturated/α-hetero) is 1. The average Bonchev–Trinajstić information content (AvgIpc) is 2.58. The van der Waals surface area contributed by atoms with Crippen molar-refractivity contribution in [2.45, 2.75) is 13.0 Å². The Morgan fingerprint density at radius 3 is 1.91 bits per heavy atom. The molecule has 2 aromatic carbocycles. The van der Waals surface area contributed by atoms with E-state index in [-0.39, 0.29) is 5.78 Å². The number of hydrogen-bond acceptors (Lipinski definition) is 1. The normalized spacial score (nSPS) is 10.4.